The van der Waals surface area contributed by atoms with E-state index in [0.717, 1.165) is 76.7 Å². The fourth-order valence-electron chi connectivity index (χ4n) is 6.56. The molecule has 0 saturated carbocycles. The van der Waals surface area contributed by atoms with Crippen LogP contribution in [0.4, 0.5) is 5.82 Å². The van der Waals surface area contributed by atoms with Crippen molar-refractivity contribution >= 4 is 28.3 Å². The lowest BCUT2D eigenvalue weighted by Gasteiger charge is -2.19. The van der Waals surface area contributed by atoms with Gasteiger partial charge in [0.25, 0.3) is 5.91 Å². The maximum absolute atomic E-state index is 13.7. The number of amides is 1. The van der Waals surface area contributed by atoms with Gasteiger partial charge in [0.05, 0.1) is 6.54 Å². The lowest BCUT2D eigenvalue weighted by atomic mass is 9.98. The molecule has 3 aliphatic heterocycles. The van der Waals surface area contributed by atoms with E-state index in [4.69, 9.17) is 4.98 Å². The highest BCUT2D eigenvalue weighted by Gasteiger charge is 2.36. The zero-order chi connectivity index (χ0) is 27.3. The summed E-state index contributed by atoms with van der Waals surface area (Å²) in [5.41, 5.74) is 8.64. The Hall–Kier alpha value is -3.45. The number of carbonyl (C=O) groups is 1. The van der Waals surface area contributed by atoms with Crippen LogP contribution in [0, 0.1) is 12.8 Å². The van der Waals surface area contributed by atoms with Gasteiger partial charge in [0.2, 0.25) is 0 Å². The summed E-state index contributed by atoms with van der Waals surface area (Å²) in [7, 11) is 0. The van der Waals surface area contributed by atoms with Gasteiger partial charge in [-0.3, -0.25) is 9.79 Å². The van der Waals surface area contributed by atoms with E-state index in [1.54, 1.807) is 0 Å². The van der Waals surface area contributed by atoms with Gasteiger partial charge >= 0.3 is 0 Å². The highest BCUT2D eigenvalue weighted by atomic mass is 16.1. The maximum atomic E-state index is 13.7. The fraction of sp³-hybridized carbons (Fsp3) is 0.469. The number of hydrogen-bond acceptors (Lipinski definition) is 5. The molecule has 5 heterocycles. The summed E-state index contributed by atoms with van der Waals surface area (Å²) < 4.78 is 2.27. The van der Waals surface area contributed by atoms with Gasteiger partial charge in [-0.2, -0.15) is 0 Å². The molecule has 1 aromatic carbocycles. The Bertz CT molecular complexity index is 1470. The molecule has 7 heteroatoms. The minimum atomic E-state index is -0.0429. The summed E-state index contributed by atoms with van der Waals surface area (Å²) in [6, 6.07) is 9.41. The molecule has 3 aliphatic rings. The Labute approximate surface area is 231 Å². The molecular weight excluding hydrogens is 484 g/mol. The van der Waals surface area contributed by atoms with Crippen molar-refractivity contribution in [2.24, 2.45) is 10.9 Å². The van der Waals surface area contributed by atoms with E-state index >= 15 is 0 Å². The second kappa shape index (κ2) is 10.3. The van der Waals surface area contributed by atoms with Gasteiger partial charge in [-0.15, -0.1) is 0 Å². The molecule has 6 rings (SSSR count). The third-order valence-electron chi connectivity index (χ3n) is 8.82. The molecule has 2 atom stereocenters. The average Bonchev–Trinajstić information content (AvgIpc) is 3.62. The Morgan fingerprint density at radius 3 is 2.72 bits per heavy atom. The molecule has 7 nitrogen and oxygen atoms in total. The molecule has 2 fully saturated rings. The molecular formula is C32H40N6O. The van der Waals surface area contributed by atoms with Crippen molar-refractivity contribution in [3.05, 3.63) is 58.9 Å². The first-order valence-corrected chi connectivity index (χ1v) is 14.3. The highest BCUT2D eigenvalue weighted by Crippen LogP contribution is 2.34. The summed E-state index contributed by atoms with van der Waals surface area (Å²) in [5.74, 6) is 1.72. The van der Waals surface area contributed by atoms with Crippen molar-refractivity contribution in [1.29, 1.82) is 0 Å². The number of allylic oxidation sites excluding steroid dienone is 1. The van der Waals surface area contributed by atoms with E-state index in [9.17, 15) is 4.79 Å². The Morgan fingerprint density at radius 2 is 2.00 bits per heavy atom. The molecule has 2 N–H and O–H groups in total. The van der Waals surface area contributed by atoms with Gasteiger partial charge in [-0.1, -0.05) is 5.57 Å². The summed E-state index contributed by atoms with van der Waals surface area (Å²) in [5, 5.41) is 7.86. The van der Waals surface area contributed by atoms with Gasteiger partial charge in [-0.05, 0) is 94.5 Å². The van der Waals surface area contributed by atoms with Crippen LogP contribution in [0.25, 0.3) is 22.0 Å². The molecule has 3 aromatic rings. The van der Waals surface area contributed by atoms with Crippen LogP contribution < -0.4 is 15.5 Å². The summed E-state index contributed by atoms with van der Waals surface area (Å²) >= 11 is 0. The number of aromatic nitrogens is 2. The van der Waals surface area contributed by atoms with Crippen LogP contribution in [-0.4, -0.2) is 59.9 Å². The van der Waals surface area contributed by atoms with E-state index in [2.05, 4.69) is 84.1 Å². The van der Waals surface area contributed by atoms with Crippen LogP contribution in [0.15, 0.2) is 52.8 Å². The van der Waals surface area contributed by atoms with E-state index in [0.29, 0.717) is 19.1 Å². The van der Waals surface area contributed by atoms with Gasteiger partial charge in [-0.25, -0.2) is 4.98 Å². The number of nitrogens with one attached hydrogen (secondary N) is 2. The largest absolute Gasteiger partial charge is 0.355 e. The smallest absolute Gasteiger partial charge is 0.252 e. The standard InChI is InChI=1S/C32H40N6O/c1-19(2)38-16-21(4)31-27(32(39)36-15-26-14-34-22(5)10-20(26)3)11-25(12-29(31)38)23-6-7-30(35-13-23)37-17-24-8-9-33-28(24)18-37/h6-7,11-13,16,19,24,28,33H,8-10,14-15,17-18H2,1-5H3,(H,36,39). The third kappa shape index (κ3) is 4.89. The van der Waals surface area contributed by atoms with Gasteiger partial charge in [0.1, 0.15) is 5.82 Å². The Morgan fingerprint density at radius 1 is 1.15 bits per heavy atom. The number of pyridine rings is 1. The molecule has 0 radical (unpaired) electrons. The maximum Gasteiger partial charge on any atom is 0.252 e. The van der Waals surface area contributed by atoms with Crippen molar-refractivity contribution in [2.45, 2.75) is 59.5 Å². The number of hydrogen-bond donors (Lipinski definition) is 2. The second-order valence-electron chi connectivity index (χ2n) is 11.9. The number of dihydropyridines is 1. The van der Waals surface area contributed by atoms with Crippen LogP contribution in [-0.2, 0) is 0 Å². The van der Waals surface area contributed by atoms with E-state index in [1.165, 1.54) is 17.6 Å². The van der Waals surface area contributed by atoms with Crippen molar-refractivity contribution < 1.29 is 4.79 Å². The predicted molar refractivity (Wildman–Crippen MR) is 160 cm³/mol. The summed E-state index contributed by atoms with van der Waals surface area (Å²) in [6.45, 7) is 15.1. The minimum absolute atomic E-state index is 0.0429. The molecule has 0 bridgehead atoms. The molecule has 2 saturated heterocycles. The molecule has 1 amide bonds. The van der Waals surface area contributed by atoms with E-state index in [-0.39, 0.29) is 11.9 Å². The Kier molecular flexibility index (Phi) is 6.79. The van der Waals surface area contributed by atoms with Crippen molar-refractivity contribution in [2.75, 3.05) is 37.6 Å². The van der Waals surface area contributed by atoms with Crippen LogP contribution in [0.3, 0.4) is 0 Å². The molecule has 0 aliphatic carbocycles. The second-order valence-corrected chi connectivity index (χ2v) is 11.9. The number of aliphatic imine (C=N–C) groups is 1. The summed E-state index contributed by atoms with van der Waals surface area (Å²) in [4.78, 5) is 25.6. The zero-order valence-corrected chi connectivity index (χ0v) is 23.8. The first-order valence-electron chi connectivity index (χ1n) is 14.3. The van der Waals surface area contributed by atoms with Crippen molar-refractivity contribution in [1.82, 2.24) is 20.2 Å². The van der Waals surface area contributed by atoms with Crippen LogP contribution in [0.2, 0.25) is 0 Å². The number of carbonyl (C=O) groups excluding carboxylic acids is 1. The number of benzene rings is 1. The molecule has 0 spiro atoms. The lowest BCUT2D eigenvalue weighted by molar-refractivity contribution is 0.0958. The SMILES string of the molecule is CC1=NCC(CNC(=O)c2cc(-c3ccc(N4CC5CCNC5C4)nc3)cc3c2c(C)cn3C(C)C)=C(C)C1. The molecule has 204 valence electrons. The number of aryl methyl sites for hydroxylation is 1. The minimum Gasteiger partial charge on any atom is -0.355 e. The number of nitrogens with zero attached hydrogens (tertiary/aromatic N) is 4. The number of fused-ring (bicyclic) bond motifs is 2. The predicted octanol–water partition coefficient (Wildman–Crippen LogP) is 5.30. The zero-order valence-electron chi connectivity index (χ0n) is 23.8. The molecule has 2 aromatic heterocycles. The normalized spacial score (nSPS) is 21.2. The quantitative estimate of drug-likeness (QED) is 0.429. The van der Waals surface area contributed by atoms with Gasteiger partial charge < -0.3 is 20.1 Å². The Balaban J connectivity index is 1.31. The topological polar surface area (TPSA) is 74.6 Å². The number of rotatable bonds is 6. The fourth-order valence-corrected chi connectivity index (χ4v) is 6.56. The molecule has 39 heavy (non-hydrogen) atoms. The van der Waals surface area contributed by atoms with E-state index < -0.39 is 0 Å². The molecule has 2 unspecified atom stereocenters. The van der Waals surface area contributed by atoms with Crippen LogP contribution >= 0.6 is 0 Å². The first-order chi connectivity index (χ1) is 18.8. The third-order valence-corrected chi connectivity index (χ3v) is 8.82. The first kappa shape index (κ1) is 25.8. The van der Waals surface area contributed by atoms with Crippen molar-refractivity contribution in [3.63, 3.8) is 0 Å². The van der Waals surface area contributed by atoms with Crippen LogP contribution in [0.1, 0.15) is 62.5 Å². The highest BCUT2D eigenvalue weighted by molar-refractivity contribution is 6.09. The van der Waals surface area contributed by atoms with Gasteiger partial charge in [0, 0.05) is 78.3 Å². The van der Waals surface area contributed by atoms with Crippen LogP contribution in [0.5, 0.6) is 0 Å². The number of anilines is 1. The van der Waals surface area contributed by atoms with Gasteiger partial charge in [0.15, 0.2) is 0 Å². The van der Waals surface area contributed by atoms with Crippen molar-refractivity contribution in [3.8, 4) is 11.1 Å². The monoisotopic (exact) mass is 524 g/mol. The van der Waals surface area contributed by atoms with E-state index in [1.807, 2.05) is 12.3 Å². The summed E-state index contributed by atoms with van der Waals surface area (Å²) in [6.07, 6.45) is 6.27. The lowest BCUT2D eigenvalue weighted by Crippen LogP contribution is -2.30. The average molecular weight is 525 g/mol.